The molecule has 2 aromatic heterocycles. The minimum atomic E-state index is -0.593. The molecule has 0 atom stereocenters. The van der Waals surface area contributed by atoms with Crippen molar-refractivity contribution in [2.75, 3.05) is 38.8 Å². The number of esters is 1. The lowest BCUT2D eigenvalue weighted by atomic mass is 9.88. The number of nitrogens with one attached hydrogen (secondary N) is 1. The molecule has 10 nitrogen and oxygen atoms in total. The van der Waals surface area contributed by atoms with Crippen molar-refractivity contribution in [3.63, 3.8) is 0 Å². The Morgan fingerprint density at radius 2 is 2.00 bits per heavy atom. The summed E-state index contributed by atoms with van der Waals surface area (Å²) >= 11 is 0. The summed E-state index contributed by atoms with van der Waals surface area (Å²) in [5.74, 6) is -0.901. The SMILES string of the molecule is CCOC(=O)c1ccc(NC(=O)c2coc3c2C(=O)N(CCOC)C(C)(C)C3)c(OCC)n1. The van der Waals surface area contributed by atoms with E-state index in [2.05, 4.69) is 10.3 Å². The van der Waals surface area contributed by atoms with Crippen LogP contribution < -0.4 is 10.1 Å². The van der Waals surface area contributed by atoms with Gasteiger partial charge in [0.05, 0.1) is 30.9 Å². The number of pyridine rings is 1. The molecule has 0 radical (unpaired) electrons. The normalized spacial score (nSPS) is 14.6. The van der Waals surface area contributed by atoms with Gasteiger partial charge < -0.3 is 28.8 Å². The molecule has 0 fully saturated rings. The number of hydrogen-bond donors (Lipinski definition) is 1. The molecule has 2 aromatic rings. The van der Waals surface area contributed by atoms with Crippen LogP contribution in [0.15, 0.2) is 22.8 Å². The number of hydrogen-bond acceptors (Lipinski definition) is 8. The molecule has 0 bridgehead atoms. The summed E-state index contributed by atoms with van der Waals surface area (Å²) in [6.07, 6.45) is 1.75. The third-order valence-corrected chi connectivity index (χ3v) is 5.29. The van der Waals surface area contributed by atoms with Gasteiger partial charge in [-0.3, -0.25) is 9.59 Å². The second-order valence-electron chi connectivity index (χ2n) is 8.04. The summed E-state index contributed by atoms with van der Waals surface area (Å²) < 4.78 is 21.2. The minimum absolute atomic E-state index is 0.0604. The van der Waals surface area contributed by atoms with Gasteiger partial charge in [-0.05, 0) is 39.8 Å². The highest BCUT2D eigenvalue weighted by atomic mass is 16.5. The number of amides is 2. The second kappa shape index (κ2) is 10.0. The summed E-state index contributed by atoms with van der Waals surface area (Å²) in [5.41, 5.74) is 0.181. The van der Waals surface area contributed by atoms with Gasteiger partial charge in [0, 0.05) is 25.6 Å². The fourth-order valence-electron chi connectivity index (χ4n) is 3.71. The van der Waals surface area contributed by atoms with Gasteiger partial charge in [-0.25, -0.2) is 9.78 Å². The Morgan fingerprint density at radius 3 is 2.67 bits per heavy atom. The van der Waals surface area contributed by atoms with Gasteiger partial charge in [-0.2, -0.15) is 0 Å². The molecule has 0 spiro atoms. The van der Waals surface area contributed by atoms with Crippen LogP contribution >= 0.6 is 0 Å². The number of methoxy groups -OCH3 is 1. The average molecular weight is 459 g/mol. The number of nitrogens with zero attached hydrogens (tertiary/aromatic N) is 2. The monoisotopic (exact) mass is 459 g/mol. The Labute approximate surface area is 192 Å². The molecular formula is C23H29N3O7. The van der Waals surface area contributed by atoms with E-state index in [0.717, 1.165) is 0 Å². The number of furan rings is 1. The quantitative estimate of drug-likeness (QED) is 0.569. The van der Waals surface area contributed by atoms with E-state index in [1.54, 1.807) is 25.9 Å². The molecule has 0 saturated carbocycles. The topological polar surface area (TPSA) is 120 Å². The predicted octanol–water partition coefficient (Wildman–Crippen LogP) is 2.93. The summed E-state index contributed by atoms with van der Waals surface area (Å²) in [6.45, 7) is 8.58. The van der Waals surface area contributed by atoms with E-state index in [1.165, 1.54) is 18.4 Å². The van der Waals surface area contributed by atoms with Crippen LogP contribution in [0.4, 0.5) is 5.69 Å². The number of anilines is 1. The third-order valence-electron chi connectivity index (χ3n) is 5.29. The first-order valence-electron chi connectivity index (χ1n) is 10.8. The number of aromatic nitrogens is 1. The fourth-order valence-corrected chi connectivity index (χ4v) is 3.71. The van der Waals surface area contributed by atoms with Crippen LogP contribution in [0, 0.1) is 0 Å². The summed E-state index contributed by atoms with van der Waals surface area (Å²) in [7, 11) is 1.57. The van der Waals surface area contributed by atoms with E-state index in [4.69, 9.17) is 18.6 Å². The second-order valence-corrected chi connectivity index (χ2v) is 8.04. The van der Waals surface area contributed by atoms with Gasteiger partial charge in [0.1, 0.15) is 17.7 Å². The molecule has 0 aliphatic carbocycles. The van der Waals surface area contributed by atoms with Gasteiger partial charge in [0.25, 0.3) is 11.8 Å². The number of carbonyl (C=O) groups is 3. The van der Waals surface area contributed by atoms with Gasteiger partial charge in [0.2, 0.25) is 5.88 Å². The molecule has 10 heteroatoms. The smallest absolute Gasteiger partial charge is 0.357 e. The number of rotatable bonds is 9. The molecular weight excluding hydrogens is 430 g/mol. The fraction of sp³-hybridized carbons (Fsp3) is 0.478. The maximum atomic E-state index is 13.3. The van der Waals surface area contributed by atoms with Crippen LogP contribution in [0.25, 0.3) is 0 Å². The Bertz CT molecular complexity index is 1040. The lowest BCUT2D eigenvalue weighted by molar-refractivity contribution is 0.0388. The van der Waals surface area contributed by atoms with Crippen molar-refractivity contribution in [3.05, 3.63) is 41.0 Å². The molecule has 3 heterocycles. The maximum absolute atomic E-state index is 13.3. The highest BCUT2D eigenvalue weighted by Crippen LogP contribution is 2.34. The van der Waals surface area contributed by atoms with Crippen LogP contribution in [0.5, 0.6) is 5.88 Å². The summed E-state index contributed by atoms with van der Waals surface area (Å²) in [5, 5.41) is 2.71. The summed E-state index contributed by atoms with van der Waals surface area (Å²) in [4.78, 5) is 44.2. The van der Waals surface area contributed by atoms with Gasteiger partial charge >= 0.3 is 5.97 Å². The summed E-state index contributed by atoms with van der Waals surface area (Å²) in [6, 6.07) is 2.94. The Balaban J connectivity index is 1.89. The molecule has 2 amide bonds. The van der Waals surface area contributed by atoms with Crippen molar-refractivity contribution in [1.82, 2.24) is 9.88 Å². The molecule has 33 heavy (non-hydrogen) atoms. The maximum Gasteiger partial charge on any atom is 0.357 e. The lowest BCUT2D eigenvalue weighted by Gasteiger charge is -2.41. The average Bonchev–Trinajstić information content (AvgIpc) is 3.18. The number of carbonyl (C=O) groups excluding carboxylic acids is 3. The molecule has 1 N–H and O–H groups in total. The van der Waals surface area contributed by atoms with Gasteiger partial charge in [0.15, 0.2) is 5.69 Å². The first-order chi connectivity index (χ1) is 15.7. The molecule has 178 valence electrons. The van der Waals surface area contributed by atoms with Crippen LogP contribution in [0.3, 0.4) is 0 Å². The molecule has 0 saturated heterocycles. The number of fused-ring (bicyclic) bond motifs is 1. The van der Waals surface area contributed by atoms with Crippen molar-refractivity contribution < 1.29 is 33.0 Å². The lowest BCUT2D eigenvalue weighted by Crippen LogP contribution is -2.53. The molecule has 3 rings (SSSR count). The third kappa shape index (κ3) is 5.00. The first kappa shape index (κ1) is 24.2. The van der Waals surface area contributed by atoms with Crippen LogP contribution in [0.1, 0.15) is 64.7 Å². The van der Waals surface area contributed by atoms with E-state index < -0.39 is 17.4 Å². The van der Waals surface area contributed by atoms with Crippen molar-refractivity contribution in [3.8, 4) is 5.88 Å². The van der Waals surface area contributed by atoms with Gasteiger partial charge in [-0.15, -0.1) is 0 Å². The zero-order valence-corrected chi connectivity index (χ0v) is 19.5. The van der Waals surface area contributed by atoms with E-state index >= 15 is 0 Å². The van der Waals surface area contributed by atoms with Crippen LogP contribution in [-0.2, 0) is 15.9 Å². The number of ether oxygens (including phenoxy) is 3. The van der Waals surface area contributed by atoms with E-state index in [1.807, 2.05) is 13.8 Å². The molecule has 0 unspecified atom stereocenters. The standard InChI is InChI=1S/C23H29N3O7/c1-6-31-20-15(8-9-16(25-20)22(29)32-7-2)24-19(27)14-13-33-17-12-23(3,4)26(10-11-30-5)21(28)18(14)17/h8-9,13H,6-7,10-12H2,1-5H3,(H,24,27). The van der Waals surface area contributed by atoms with E-state index in [0.29, 0.717) is 25.3 Å². The Hall–Kier alpha value is -3.40. The predicted molar refractivity (Wildman–Crippen MR) is 119 cm³/mol. The van der Waals surface area contributed by atoms with Crippen LogP contribution in [0.2, 0.25) is 0 Å². The largest absolute Gasteiger partial charge is 0.476 e. The molecule has 0 aromatic carbocycles. The Morgan fingerprint density at radius 1 is 1.24 bits per heavy atom. The van der Waals surface area contributed by atoms with Crippen molar-refractivity contribution in [2.24, 2.45) is 0 Å². The Kier molecular flexibility index (Phi) is 7.37. The molecule has 1 aliphatic rings. The zero-order valence-electron chi connectivity index (χ0n) is 19.5. The van der Waals surface area contributed by atoms with Crippen molar-refractivity contribution >= 4 is 23.5 Å². The van der Waals surface area contributed by atoms with Crippen molar-refractivity contribution in [1.29, 1.82) is 0 Å². The van der Waals surface area contributed by atoms with Crippen molar-refractivity contribution in [2.45, 2.75) is 39.7 Å². The highest BCUT2D eigenvalue weighted by molar-refractivity contribution is 6.13. The van der Waals surface area contributed by atoms with Gasteiger partial charge in [-0.1, -0.05) is 0 Å². The minimum Gasteiger partial charge on any atom is -0.476 e. The molecule has 1 aliphatic heterocycles. The first-order valence-corrected chi connectivity index (χ1v) is 10.8. The highest BCUT2D eigenvalue weighted by Gasteiger charge is 2.42. The van der Waals surface area contributed by atoms with Crippen LogP contribution in [-0.4, -0.2) is 66.7 Å². The van der Waals surface area contributed by atoms with E-state index in [9.17, 15) is 14.4 Å². The zero-order chi connectivity index (χ0) is 24.2. The van der Waals surface area contributed by atoms with E-state index in [-0.39, 0.29) is 47.5 Å².